The monoisotopic (exact) mass is 475 g/mol. The van der Waals surface area contributed by atoms with Gasteiger partial charge in [-0.05, 0) is 63.1 Å². The van der Waals surface area contributed by atoms with Crippen molar-refractivity contribution in [3.63, 3.8) is 0 Å². The summed E-state index contributed by atoms with van der Waals surface area (Å²) >= 11 is 7.81. The topological polar surface area (TPSA) is 44.7 Å². The van der Waals surface area contributed by atoms with Crippen molar-refractivity contribution in [3.8, 4) is 0 Å². The lowest BCUT2D eigenvalue weighted by atomic mass is 10.00. The Kier molecular flexibility index (Phi) is 6.28. The van der Waals surface area contributed by atoms with Crippen molar-refractivity contribution in [2.24, 2.45) is 4.99 Å². The molecular formula is C27H26ClN3OS. The minimum absolute atomic E-state index is 0.0894. The number of piperidine rings is 1. The number of hydrogen-bond donors (Lipinski definition) is 1. The maximum Gasteiger partial charge on any atom is 0.265 e. The Bertz CT molecular complexity index is 1210. The number of halogens is 1. The van der Waals surface area contributed by atoms with Gasteiger partial charge in [-0.1, -0.05) is 60.1 Å². The first-order valence-electron chi connectivity index (χ1n) is 11.3. The molecule has 2 aliphatic heterocycles. The third-order valence-electron chi connectivity index (χ3n) is 6.36. The average Bonchev–Trinajstić information content (AvgIpc) is 2.98. The fourth-order valence-corrected chi connectivity index (χ4v) is 5.66. The van der Waals surface area contributed by atoms with Gasteiger partial charge in [-0.2, -0.15) is 0 Å². The molecule has 0 aromatic heterocycles. The van der Waals surface area contributed by atoms with Crippen LogP contribution >= 0.6 is 23.4 Å². The van der Waals surface area contributed by atoms with Crippen LogP contribution in [0.4, 0.5) is 5.69 Å². The lowest BCUT2D eigenvalue weighted by Gasteiger charge is -2.38. The highest BCUT2D eigenvalue weighted by atomic mass is 35.5. The molecule has 2 atom stereocenters. The van der Waals surface area contributed by atoms with Gasteiger partial charge in [-0.25, -0.2) is 10.0 Å². The summed E-state index contributed by atoms with van der Waals surface area (Å²) in [5, 5.41) is 2.79. The van der Waals surface area contributed by atoms with Crippen LogP contribution in [-0.4, -0.2) is 28.7 Å². The van der Waals surface area contributed by atoms with E-state index in [1.54, 1.807) is 11.8 Å². The molecule has 0 spiro atoms. The van der Waals surface area contributed by atoms with E-state index in [4.69, 9.17) is 16.6 Å². The molecule has 1 fully saturated rings. The van der Waals surface area contributed by atoms with Crippen molar-refractivity contribution in [1.82, 2.24) is 10.4 Å². The largest absolute Gasteiger partial charge is 0.284 e. The number of fused-ring (bicyclic) bond motifs is 2. The van der Waals surface area contributed by atoms with E-state index in [2.05, 4.69) is 36.4 Å². The minimum Gasteiger partial charge on any atom is -0.284 e. The van der Waals surface area contributed by atoms with Gasteiger partial charge in [0.2, 0.25) is 0 Å². The van der Waals surface area contributed by atoms with Crippen LogP contribution in [0.3, 0.4) is 0 Å². The molecule has 0 radical (unpaired) electrons. The van der Waals surface area contributed by atoms with E-state index in [-0.39, 0.29) is 5.91 Å². The fraction of sp³-hybridized carbons (Fsp3) is 0.259. The SMILES string of the molecule is C[C@@H]1CCC[C@H](C)N1NC(=O)c1ccc2c(c1)N=C(c1ccc(Cl)cc1)c1ccccc1S2. The Hall–Kier alpha value is -2.60. The number of hydrogen-bond acceptors (Lipinski definition) is 4. The molecule has 168 valence electrons. The Morgan fingerprint density at radius 1 is 1.00 bits per heavy atom. The van der Waals surface area contributed by atoms with Crippen molar-refractivity contribution in [2.75, 3.05) is 0 Å². The summed E-state index contributed by atoms with van der Waals surface area (Å²) in [5.74, 6) is -0.0894. The van der Waals surface area contributed by atoms with Crippen LogP contribution in [0.15, 0.2) is 81.5 Å². The maximum atomic E-state index is 13.2. The molecule has 33 heavy (non-hydrogen) atoms. The molecule has 2 aliphatic rings. The molecule has 1 amide bonds. The van der Waals surface area contributed by atoms with E-state index in [0.717, 1.165) is 45.2 Å². The van der Waals surface area contributed by atoms with E-state index in [1.165, 1.54) is 6.42 Å². The Balaban J connectivity index is 1.52. The van der Waals surface area contributed by atoms with E-state index >= 15 is 0 Å². The number of nitrogens with zero attached hydrogens (tertiary/aromatic N) is 2. The van der Waals surface area contributed by atoms with Crippen LogP contribution in [0, 0.1) is 0 Å². The van der Waals surface area contributed by atoms with Crippen molar-refractivity contribution in [1.29, 1.82) is 0 Å². The number of carbonyl (C=O) groups is 1. The molecule has 1 N–H and O–H groups in total. The van der Waals surface area contributed by atoms with Crippen LogP contribution < -0.4 is 5.43 Å². The number of aliphatic imine (C=N–C) groups is 1. The van der Waals surface area contributed by atoms with E-state index in [9.17, 15) is 4.79 Å². The van der Waals surface area contributed by atoms with Crippen LogP contribution in [0.5, 0.6) is 0 Å². The van der Waals surface area contributed by atoms with Gasteiger partial charge in [0, 0.05) is 43.6 Å². The van der Waals surface area contributed by atoms with Gasteiger partial charge >= 0.3 is 0 Å². The maximum absolute atomic E-state index is 13.2. The first kappa shape index (κ1) is 22.2. The van der Waals surface area contributed by atoms with Gasteiger partial charge in [-0.3, -0.25) is 10.2 Å². The zero-order valence-corrected chi connectivity index (χ0v) is 20.3. The molecule has 5 rings (SSSR count). The number of benzene rings is 3. The van der Waals surface area contributed by atoms with E-state index < -0.39 is 0 Å². The number of carbonyl (C=O) groups excluding carboxylic acids is 1. The van der Waals surface area contributed by atoms with Crippen molar-refractivity contribution >= 4 is 40.7 Å². The normalized spacial score (nSPS) is 20.3. The highest BCUT2D eigenvalue weighted by Gasteiger charge is 2.27. The first-order chi connectivity index (χ1) is 16.0. The Morgan fingerprint density at radius 2 is 1.73 bits per heavy atom. The molecule has 6 heteroatoms. The predicted molar refractivity (Wildman–Crippen MR) is 136 cm³/mol. The van der Waals surface area contributed by atoms with Gasteiger partial charge in [0.15, 0.2) is 0 Å². The number of amides is 1. The van der Waals surface area contributed by atoms with Crippen LogP contribution in [-0.2, 0) is 0 Å². The molecule has 0 bridgehead atoms. The zero-order chi connectivity index (χ0) is 22.9. The van der Waals surface area contributed by atoms with Gasteiger partial charge in [-0.15, -0.1) is 0 Å². The standard InChI is InChI=1S/C27H26ClN3OS/c1-17-6-5-7-18(2)31(17)30-27(32)20-12-15-25-23(16-20)29-26(19-10-13-21(28)14-11-19)22-8-3-4-9-24(22)33-25/h3-4,8-18H,5-7H2,1-2H3,(H,30,32)/t17-,18+. The molecule has 4 nitrogen and oxygen atoms in total. The van der Waals surface area contributed by atoms with E-state index in [1.807, 2.05) is 54.6 Å². The first-order valence-corrected chi connectivity index (χ1v) is 12.5. The van der Waals surface area contributed by atoms with Gasteiger partial charge in [0.25, 0.3) is 5.91 Å². The molecule has 0 unspecified atom stereocenters. The van der Waals surface area contributed by atoms with Gasteiger partial charge in [0.05, 0.1) is 11.4 Å². The summed E-state index contributed by atoms with van der Waals surface area (Å²) < 4.78 is 0. The summed E-state index contributed by atoms with van der Waals surface area (Å²) in [6, 6.07) is 22.5. The Morgan fingerprint density at radius 3 is 2.48 bits per heavy atom. The van der Waals surface area contributed by atoms with Crippen LogP contribution in [0.1, 0.15) is 54.6 Å². The second kappa shape index (κ2) is 9.34. The summed E-state index contributed by atoms with van der Waals surface area (Å²) in [6.45, 7) is 4.34. The third-order valence-corrected chi connectivity index (χ3v) is 7.75. The second-order valence-electron chi connectivity index (χ2n) is 8.73. The Labute approximate surface area is 204 Å². The highest BCUT2D eigenvalue weighted by molar-refractivity contribution is 7.99. The molecule has 2 heterocycles. The van der Waals surface area contributed by atoms with Crippen molar-refractivity contribution < 1.29 is 4.79 Å². The van der Waals surface area contributed by atoms with Crippen LogP contribution in [0.2, 0.25) is 5.02 Å². The molecular weight excluding hydrogens is 450 g/mol. The molecule has 1 saturated heterocycles. The molecule has 3 aromatic rings. The fourth-order valence-electron chi connectivity index (χ4n) is 4.53. The number of hydrazine groups is 1. The lowest BCUT2D eigenvalue weighted by Crippen LogP contribution is -2.54. The van der Waals surface area contributed by atoms with Crippen molar-refractivity contribution in [2.45, 2.75) is 55.0 Å². The van der Waals surface area contributed by atoms with Gasteiger partial charge < -0.3 is 0 Å². The summed E-state index contributed by atoms with van der Waals surface area (Å²) in [5.41, 5.74) is 7.51. The van der Waals surface area contributed by atoms with Gasteiger partial charge in [0.1, 0.15) is 0 Å². The molecule has 0 saturated carbocycles. The quantitative estimate of drug-likeness (QED) is 0.351. The van der Waals surface area contributed by atoms with Crippen molar-refractivity contribution in [3.05, 3.63) is 88.4 Å². The minimum atomic E-state index is -0.0894. The third kappa shape index (κ3) is 4.58. The predicted octanol–water partition coefficient (Wildman–Crippen LogP) is 6.88. The highest BCUT2D eigenvalue weighted by Crippen LogP contribution is 2.41. The summed E-state index contributed by atoms with van der Waals surface area (Å²) in [7, 11) is 0. The summed E-state index contributed by atoms with van der Waals surface area (Å²) in [4.78, 5) is 20.4. The van der Waals surface area contributed by atoms with Crippen LogP contribution in [0.25, 0.3) is 0 Å². The number of nitrogens with one attached hydrogen (secondary N) is 1. The summed E-state index contributed by atoms with van der Waals surface area (Å²) in [6.07, 6.45) is 3.39. The van der Waals surface area contributed by atoms with E-state index in [0.29, 0.717) is 22.7 Å². The lowest BCUT2D eigenvalue weighted by molar-refractivity contribution is 0.0370. The smallest absolute Gasteiger partial charge is 0.265 e. The second-order valence-corrected chi connectivity index (χ2v) is 10.2. The molecule has 3 aromatic carbocycles. The average molecular weight is 476 g/mol. The molecule has 0 aliphatic carbocycles. The zero-order valence-electron chi connectivity index (χ0n) is 18.7. The number of rotatable bonds is 3.